The van der Waals surface area contributed by atoms with E-state index in [-0.39, 0.29) is 11.5 Å². The van der Waals surface area contributed by atoms with E-state index in [1.165, 1.54) is 12.1 Å². The van der Waals surface area contributed by atoms with Crippen LogP contribution in [0.25, 0.3) is 16.9 Å². The monoisotopic (exact) mass is 609 g/mol. The van der Waals surface area contributed by atoms with Crippen molar-refractivity contribution in [2.24, 2.45) is 0 Å². The summed E-state index contributed by atoms with van der Waals surface area (Å²) in [5.41, 5.74) is 8.43. The van der Waals surface area contributed by atoms with Crippen molar-refractivity contribution in [2.75, 3.05) is 50.7 Å². The zero-order valence-corrected chi connectivity index (χ0v) is 24.2. The first kappa shape index (κ1) is 32.9. The van der Waals surface area contributed by atoms with Crippen LogP contribution in [0.2, 0.25) is 10.0 Å². The number of nitrogens with one attached hydrogen (secondary N) is 2. The lowest BCUT2D eigenvalue weighted by Gasteiger charge is -2.12. The number of aliphatic carboxylic acids is 1. The molecule has 0 atom stereocenters. The number of halogens is 3. The number of hydrogen-bond acceptors (Lipinski definition) is 10. The van der Waals surface area contributed by atoms with Crippen LogP contribution in [0, 0.1) is 10.1 Å². The minimum atomic E-state index is -0.833. The van der Waals surface area contributed by atoms with Crippen molar-refractivity contribution in [1.82, 2.24) is 24.3 Å². The van der Waals surface area contributed by atoms with E-state index in [0.717, 1.165) is 23.8 Å². The summed E-state index contributed by atoms with van der Waals surface area (Å²) in [6, 6.07) is 9.97. The maximum absolute atomic E-state index is 10.9. The standard InChI is InChI=1S/C22H23Cl2N9O2.C2H4O2.CH3F/c1-31(2)11-14-12-32-20(28-14)10-17(15-4-3-13(23)9-16(15)24)29-22(32)27-8-7-26-19-6-5-18(33(34)35)21(25)30-19;1-2(3)4;1-2/h3-6,9-10,12H,7-8,11H2,1-2H3,(H,27,29)(H3,25,26,30);1H3,(H,3,4);1H3. The average Bonchev–Trinajstić information content (AvgIpc) is 3.29. The largest absolute Gasteiger partial charge is 0.481 e. The van der Waals surface area contributed by atoms with E-state index in [0.29, 0.717) is 54.3 Å². The number of carbonyl (C=O) groups is 1. The highest BCUT2D eigenvalue weighted by atomic mass is 35.5. The molecule has 4 rings (SSSR count). The first-order chi connectivity index (χ1) is 19.4. The molecule has 0 aliphatic rings. The first-order valence-electron chi connectivity index (χ1n) is 11.9. The second kappa shape index (κ2) is 15.5. The van der Waals surface area contributed by atoms with E-state index >= 15 is 0 Å². The Balaban J connectivity index is 0.000000902. The van der Waals surface area contributed by atoms with Crippen molar-refractivity contribution in [3.63, 3.8) is 0 Å². The number of nitrogens with zero attached hydrogens (tertiary/aromatic N) is 6. The minimum absolute atomic E-state index is 0.143. The van der Waals surface area contributed by atoms with Gasteiger partial charge in [0.2, 0.25) is 11.8 Å². The van der Waals surface area contributed by atoms with Gasteiger partial charge in [-0.15, -0.1) is 0 Å². The van der Waals surface area contributed by atoms with E-state index < -0.39 is 10.9 Å². The van der Waals surface area contributed by atoms with Crippen molar-refractivity contribution >= 4 is 58.1 Å². The van der Waals surface area contributed by atoms with Crippen LogP contribution in [0.4, 0.5) is 27.7 Å². The molecule has 41 heavy (non-hydrogen) atoms. The lowest BCUT2D eigenvalue weighted by atomic mass is 10.1. The van der Waals surface area contributed by atoms with Crippen molar-refractivity contribution in [3.05, 3.63) is 68.4 Å². The van der Waals surface area contributed by atoms with Gasteiger partial charge in [0.05, 0.1) is 28.5 Å². The summed E-state index contributed by atoms with van der Waals surface area (Å²) in [7, 11) is 4.45. The number of nitro groups is 1. The van der Waals surface area contributed by atoms with Gasteiger partial charge < -0.3 is 26.4 Å². The Labute approximate surface area is 245 Å². The van der Waals surface area contributed by atoms with Crippen LogP contribution < -0.4 is 16.4 Å². The van der Waals surface area contributed by atoms with Crippen LogP contribution in [0.1, 0.15) is 12.6 Å². The lowest BCUT2D eigenvalue weighted by Crippen LogP contribution is -2.17. The molecule has 0 amide bonds. The van der Waals surface area contributed by atoms with Crippen LogP contribution in [-0.4, -0.2) is 74.6 Å². The number of pyridine rings is 1. The molecule has 16 heteroatoms. The first-order valence-corrected chi connectivity index (χ1v) is 12.7. The number of alkyl halides is 1. The molecule has 0 saturated heterocycles. The molecule has 4 aromatic rings. The number of nitrogens with two attached hydrogens (primary N) is 1. The minimum Gasteiger partial charge on any atom is -0.481 e. The van der Waals surface area contributed by atoms with Gasteiger partial charge in [0.15, 0.2) is 0 Å². The van der Waals surface area contributed by atoms with Crippen molar-refractivity contribution in [1.29, 1.82) is 0 Å². The second-order valence-electron chi connectivity index (χ2n) is 8.52. The van der Waals surface area contributed by atoms with E-state index in [9.17, 15) is 14.5 Å². The van der Waals surface area contributed by atoms with Gasteiger partial charge in [0.25, 0.3) is 5.97 Å². The Bertz CT molecular complexity index is 1500. The molecule has 3 aromatic heterocycles. The van der Waals surface area contributed by atoms with Crippen molar-refractivity contribution < 1.29 is 19.2 Å². The fraction of sp³-hybridized carbons (Fsp3) is 0.280. The summed E-state index contributed by atoms with van der Waals surface area (Å²) in [5, 5.41) is 25.8. The Morgan fingerprint density at radius 2 is 1.78 bits per heavy atom. The van der Waals surface area contributed by atoms with E-state index in [1.54, 1.807) is 12.1 Å². The number of carboxylic acid groups (broad SMARTS) is 1. The molecule has 0 aliphatic heterocycles. The topological polar surface area (TPSA) is 177 Å². The molecule has 5 N–H and O–H groups in total. The van der Waals surface area contributed by atoms with Gasteiger partial charge >= 0.3 is 5.69 Å². The predicted octanol–water partition coefficient (Wildman–Crippen LogP) is 4.85. The molecule has 3 heterocycles. The zero-order chi connectivity index (χ0) is 30.7. The SMILES string of the molecule is CC(=O)O.CF.CN(C)Cc1cn2c(NCCNc3ccc([N+](=O)[O-])c(N)n3)nc(-c3ccc(Cl)cc3Cl)cc2n1. The van der Waals surface area contributed by atoms with Gasteiger partial charge in [-0.3, -0.25) is 23.7 Å². The number of hydrogen-bond donors (Lipinski definition) is 4. The summed E-state index contributed by atoms with van der Waals surface area (Å²) < 4.78 is 11.4. The molecule has 0 aliphatic carbocycles. The highest BCUT2D eigenvalue weighted by molar-refractivity contribution is 6.36. The maximum Gasteiger partial charge on any atom is 0.311 e. The molecular formula is C25H30Cl2FN9O4. The number of nitrogen functional groups attached to an aromatic ring is 1. The van der Waals surface area contributed by atoms with Crippen LogP contribution in [0.15, 0.2) is 42.6 Å². The summed E-state index contributed by atoms with van der Waals surface area (Å²) in [6.07, 6.45) is 1.93. The number of anilines is 3. The lowest BCUT2D eigenvalue weighted by molar-refractivity contribution is -0.384. The molecule has 0 saturated carbocycles. The Hall–Kier alpha value is -4.27. The molecule has 1 aromatic carbocycles. The number of rotatable bonds is 9. The van der Waals surface area contributed by atoms with Crippen LogP contribution >= 0.6 is 23.2 Å². The molecule has 0 radical (unpaired) electrons. The highest BCUT2D eigenvalue weighted by Gasteiger charge is 2.15. The number of fused-ring (bicyclic) bond motifs is 1. The molecule has 0 unspecified atom stereocenters. The van der Waals surface area contributed by atoms with Gasteiger partial charge in [0.1, 0.15) is 11.5 Å². The number of carboxylic acids is 1. The zero-order valence-electron chi connectivity index (χ0n) is 22.7. The summed E-state index contributed by atoms with van der Waals surface area (Å²) in [4.78, 5) is 34.9. The number of imidazole rings is 1. The van der Waals surface area contributed by atoms with Gasteiger partial charge in [-0.25, -0.2) is 15.0 Å². The Kier molecular flexibility index (Phi) is 12.5. The molecule has 0 spiro atoms. The van der Waals surface area contributed by atoms with Crippen molar-refractivity contribution in [2.45, 2.75) is 13.5 Å². The molecule has 0 fully saturated rings. The van der Waals surface area contributed by atoms with Gasteiger partial charge in [-0.1, -0.05) is 23.2 Å². The maximum atomic E-state index is 10.9. The normalized spacial score (nSPS) is 10.3. The molecule has 0 bridgehead atoms. The van der Waals surface area contributed by atoms with Gasteiger partial charge in [0, 0.05) is 55.5 Å². The summed E-state index contributed by atoms with van der Waals surface area (Å²) in [5.74, 6) is 0.0420. The quantitative estimate of drug-likeness (QED) is 0.116. The fourth-order valence-electron chi connectivity index (χ4n) is 3.48. The van der Waals surface area contributed by atoms with Crippen LogP contribution in [0.5, 0.6) is 0 Å². The molecule has 13 nitrogen and oxygen atoms in total. The molecule has 220 valence electrons. The van der Waals surface area contributed by atoms with E-state index in [1.807, 2.05) is 41.7 Å². The third kappa shape index (κ3) is 9.70. The third-order valence-corrected chi connectivity index (χ3v) is 5.55. The van der Waals surface area contributed by atoms with Crippen LogP contribution in [0.3, 0.4) is 0 Å². The smallest absolute Gasteiger partial charge is 0.311 e. The Morgan fingerprint density at radius 1 is 1.12 bits per heavy atom. The predicted molar refractivity (Wildman–Crippen MR) is 158 cm³/mol. The summed E-state index contributed by atoms with van der Waals surface area (Å²) >= 11 is 12.5. The second-order valence-corrected chi connectivity index (χ2v) is 9.36. The average molecular weight is 610 g/mol. The fourth-order valence-corrected chi connectivity index (χ4v) is 3.99. The molecular weight excluding hydrogens is 580 g/mol. The third-order valence-electron chi connectivity index (χ3n) is 5.00. The number of benzene rings is 1. The number of aromatic nitrogens is 4. The highest BCUT2D eigenvalue weighted by Crippen LogP contribution is 2.31. The van der Waals surface area contributed by atoms with Gasteiger partial charge in [-0.2, -0.15) is 0 Å². The van der Waals surface area contributed by atoms with Crippen molar-refractivity contribution in [3.8, 4) is 11.3 Å². The Morgan fingerprint density at radius 3 is 2.37 bits per heavy atom. The van der Waals surface area contributed by atoms with Gasteiger partial charge in [-0.05, 0) is 38.4 Å². The van der Waals surface area contributed by atoms with Crippen LogP contribution in [-0.2, 0) is 11.3 Å². The summed E-state index contributed by atoms with van der Waals surface area (Å²) in [6.45, 7) is 2.69. The van der Waals surface area contributed by atoms with E-state index in [4.69, 9.17) is 48.8 Å². The van der Waals surface area contributed by atoms with E-state index in [2.05, 4.69) is 15.6 Å².